The maximum Gasteiger partial charge on any atom is 0.293 e. The van der Waals surface area contributed by atoms with Crippen molar-refractivity contribution >= 4 is 28.2 Å². The lowest BCUT2D eigenvalue weighted by Gasteiger charge is -2.18. The lowest BCUT2D eigenvalue weighted by Crippen LogP contribution is -2.29. The van der Waals surface area contributed by atoms with Gasteiger partial charge in [0.2, 0.25) is 0 Å². The summed E-state index contributed by atoms with van der Waals surface area (Å²) < 4.78 is 0. The number of aromatic nitrogens is 1. The zero-order valence-corrected chi connectivity index (χ0v) is 17.9. The predicted octanol–water partition coefficient (Wildman–Crippen LogP) is 4.70. The van der Waals surface area contributed by atoms with Crippen molar-refractivity contribution in [2.24, 2.45) is 0 Å². The first-order valence-electron chi connectivity index (χ1n) is 10.3. The van der Waals surface area contributed by atoms with Crippen LogP contribution in [0.25, 0.3) is 10.9 Å². The van der Waals surface area contributed by atoms with E-state index in [2.05, 4.69) is 16.4 Å². The number of H-pyrrole nitrogens is 1. The van der Waals surface area contributed by atoms with E-state index in [1.807, 2.05) is 54.7 Å². The number of rotatable bonds is 7. The summed E-state index contributed by atoms with van der Waals surface area (Å²) >= 11 is 0. The molecule has 1 unspecified atom stereocenters. The monoisotopic (exact) mass is 428 g/mol. The number of hydrogen-bond acceptors (Lipinski definition) is 4. The molecular weight excluding hydrogens is 404 g/mol. The molecule has 0 saturated carbocycles. The van der Waals surface area contributed by atoms with Gasteiger partial charge in [-0.2, -0.15) is 0 Å². The Balaban J connectivity index is 1.62. The summed E-state index contributed by atoms with van der Waals surface area (Å²) in [5.41, 5.74) is 3.80. The minimum Gasteiger partial charge on any atom is -0.372 e. The third-order valence-corrected chi connectivity index (χ3v) is 5.58. The van der Waals surface area contributed by atoms with Crippen LogP contribution in [0.2, 0.25) is 0 Å². The number of para-hydroxylation sites is 1. The van der Waals surface area contributed by atoms with Crippen LogP contribution in [0.15, 0.2) is 79.0 Å². The van der Waals surface area contributed by atoms with Crippen molar-refractivity contribution in [3.05, 3.63) is 106 Å². The first kappa shape index (κ1) is 21.1. The summed E-state index contributed by atoms with van der Waals surface area (Å²) in [4.78, 5) is 28.9. The number of nitro groups is 1. The number of nitro benzene ring substituents is 1. The topological polar surface area (TPSA) is 91.3 Å². The van der Waals surface area contributed by atoms with Crippen LogP contribution in [0.3, 0.4) is 0 Å². The summed E-state index contributed by atoms with van der Waals surface area (Å²) in [6.07, 6.45) is 1.98. The third kappa shape index (κ3) is 4.18. The van der Waals surface area contributed by atoms with E-state index in [9.17, 15) is 14.9 Å². The molecular formula is C25H24N4O3. The summed E-state index contributed by atoms with van der Waals surface area (Å²) in [5, 5.41) is 15.6. The molecule has 4 aromatic rings. The summed E-state index contributed by atoms with van der Waals surface area (Å²) in [6, 6.07) is 22.6. The molecule has 162 valence electrons. The number of aromatic amines is 1. The van der Waals surface area contributed by atoms with E-state index >= 15 is 0 Å². The molecule has 7 nitrogen and oxygen atoms in total. The predicted molar refractivity (Wildman–Crippen MR) is 126 cm³/mol. The highest BCUT2D eigenvalue weighted by Crippen LogP contribution is 2.31. The molecule has 4 rings (SSSR count). The largest absolute Gasteiger partial charge is 0.372 e. The van der Waals surface area contributed by atoms with E-state index in [0.29, 0.717) is 12.2 Å². The number of amides is 1. The number of fused-ring (bicyclic) bond motifs is 1. The minimum absolute atomic E-state index is 0.0765. The second-order valence-electron chi connectivity index (χ2n) is 7.82. The molecule has 0 aliphatic heterocycles. The van der Waals surface area contributed by atoms with Crippen molar-refractivity contribution in [3.63, 3.8) is 0 Å². The van der Waals surface area contributed by atoms with Crippen molar-refractivity contribution in [1.82, 2.24) is 10.3 Å². The molecule has 3 aromatic carbocycles. The van der Waals surface area contributed by atoms with E-state index in [4.69, 9.17) is 0 Å². The smallest absolute Gasteiger partial charge is 0.293 e. The molecule has 2 N–H and O–H groups in total. The van der Waals surface area contributed by atoms with Crippen molar-refractivity contribution < 1.29 is 9.72 Å². The van der Waals surface area contributed by atoms with E-state index in [1.165, 1.54) is 6.07 Å². The van der Waals surface area contributed by atoms with Gasteiger partial charge in [-0.1, -0.05) is 48.5 Å². The van der Waals surface area contributed by atoms with Crippen LogP contribution in [0.4, 0.5) is 11.4 Å². The lowest BCUT2D eigenvalue weighted by atomic mass is 9.91. The van der Waals surface area contributed by atoms with Crippen molar-refractivity contribution in [2.75, 3.05) is 25.5 Å². The maximum atomic E-state index is 12.9. The lowest BCUT2D eigenvalue weighted by molar-refractivity contribution is -0.384. The van der Waals surface area contributed by atoms with Gasteiger partial charge >= 0.3 is 0 Å². The van der Waals surface area contributed by atoms with Crippen LogP contribution in [0, 0.1) is 10.1 Å². The molecule has 0 saturated heterocycles. The number of nitrogens with one attached hydrogen (secondary N) is 2. The van der Waals surface area contributed by atoms with Gasteiger partial charge < -0.3 is 15.2 Å². The van der Waals surface area contributed by atoms with Gasteiger partial charge in [-0.25, -0.2) is 0 Å². The van der Waals surface area contributed by atoms with Gasteiger partial charge in [0.05, 0.1) is 4.92 Å². The highest BCUT2D eigenvalue weighted by atomic mass is 16.6. The van der Waals surface area contributed by atoms with E-state index < -0.39 is 4.92 Å². The SMILES string of the molecule is CN(C)c1ccc(C(=O)NCC(c2ccccc2)c2c[nH]c3ccccc23)cc1[N+](=O)[O-]. The molecule has 0 aliphatic rings. The van der Waals surface area contributed by atoms with E-state index in [1.54, 1.807) is 31.1 Å². The average molecular weight is 428 g/mol. The fourth-order valence-electron chi connectivity index (χ4n) is 3.96. The molecule has 1 aromatic heterocycles. The van der Waals surface area contributed by atoms with Crippen LogP contribution in [0.1, 0.15) is 27.4 Å². The van der Waals surface area contributed by atoms with Gasteiger partial charge in [0.1, 0.15) is 5.69 Å². The maximum absolute atomic E-state index is 12.9. The number of hydrogen-bond donors (Lipinski definition) is 2. The Morgan fingerprint density at radius 1 is 1.06 bits per heavy atom. The van der Waals surface area contributed by atoms with Crippen LogP contribution < -0.4 is 10.2 Å². The number of nitrogens with zero attached hydrogens (tertiary/aromatic N) is 2. The Hall–Kier alpha value is -4.13. The zero-order valence-electron chi connectivity index (χ0n) is 17.9. The fourth-order valence-corrected chi connectivity index (χ4v) is 3.96. The van der Waals surface area contributed by atoms with Gasteiger partial charge in [0.25, 0.3) is 11.6 Å². The molecule has 1 heterocycles. The summed E-state index contributed by atoms with van der Waals surface area (Å²) in [5.74, 6) is -0.425. The molecule has 1 amide bonds. The van der Waals surface area contributed by atoms with Crippen LogP contribution in [0.5, 0.6) is 0 Å². The Kier molecular flexibility index (Phi) is 5.89. The Morgan fingerprint density at radius 2 is 1.78 bits per heavy atom. The Bertz CT molecular complexity index is 1260. The first-order valence-corrected chi connectivity index (χ1v) is 10.3. The van der Waals surface area contributed by atoms with Gasteiger partial charge in [-0.15, -0.1) is 0 Å². The number of benzene rings is 3. The number of carbonyl (C=O) groups excluding carboxylic acids is 1. The van der Waals surface area contributed by atoms with E-state index in [-0.39, 0.29) is 23.1 Å². The highest BCUT2D eigenvalue weighted by molar-refractivity contribution is 5.96. The van der Waals surface area contributed by atoms with E-state index in [0.717, 1.165) is 22.0 Å². The van der Waals surface area contributed by atoms with Crippen LogP contribution >= 0.6 is 0 Å². The Morgan fingerprint density at radius 3 is 2.50 bits per heavy atom. The zero-order chi connectivity index (χ0) is 22.7. The quantitative estimate of drug-likeness (QED) is 0.330. The fraction of sp³-hybridized carbons (Fsp3) is 0.160. The van der Waals surface area contributed by atoms with Crippen molar-refractivity contribution in [2.45, 2.75) is 5.92 Å². The third-order valence-electron chi connectivity index (χ3n) is 5.58. The second-order valence-corrected chi connectivity index (χ2v) is 7.82. The highest BCUT2D eigenvalue weighted by Gasteiger charge is 2.22. The van der Waals surface area contributed by atoms with Crippen LogP contribution in [-0.2, 0) is 0 Å². The normalized spacial score (nSPS) is 11.8. The number of anilines is 1. The second kappa shape index (κ2) is 8.93. The molecule has 0 aliphatic carbocycles. The molecule has 32 heavy (non-hydrogen) atoms. The molecule has 0 spiro atoms. The van der Waals surface area contributed by atoms with Crippen molar-refractivity contribution in [3.8, 4) is 0 Å². The minimum atomic E-state index is -0.467. The number of carbonyl (C=O) groups is 1. The summed E-state index contributed by atoms with van der Waals surface area (Å²) in [6.45, 7) is 0.355. The molecule has 0 bridgehead atoms. The molecule has 0 fully saturated rings. The van der Waals surface area contributed by atoms with Gasteiger partial charge in [-0.05, 0) is 29.3 Å². The van der Waals surface area contributed by atoms with Crippen LogP contribution in [-0.4, -0.2) is 36.5 Å². The van der Waals surface area contributed by atoms with Crippen molar-refractivity contribution in [1.29, 1.82) is 0 Å². The molecule has 1 atom stereocenters. The van der Waals surface area contributed by atoms with Gasteiger partial charge in [0.15, 0.2) is 0 Å². The average Bonchev–Trinajstić information content (AvgIpc) is 3.23. The summed E-state index contributed by atoms with van der Waals surface area (Å²) in [7, 11) is 3.46. The first-order chi connectivity index (χ1) is 15.5. The standard InChI is InChI=1S/C25H24N4O3/c1-28(2)23-13-12-18(14-24(23)29(31)32)25(30)27-15-20(17-8-4-3-5-9-17)21-16-26-22-11-7-6-10-19(21)22/h3-14,16,20,26H,15H2,1-2H3,(H,27,30). The Labute approximate surface area is 185 Å². The van der Waals surface area contributed by atoms with Gasteiger partial charge in [0, 0.05) is 55.3 Å². The molecule has 0 radical (unpaired) electrons. The van der Waals surface area contributed by atoms with Gasteiger partial charge in [-0.3, -0.25) is 14.9 Å². The molecule has 7 heteroatoms.